The van der Waals surface area contributed by atoms with Gasteiger partial charge in [0.2, 0.25) is 5.91 Å². The molecule has 23 heavy (non-hydrogen) atoms. The number of hydrogen-bond donors (Lipinski definition) is 1. The number of carbonyl (C=O) groups is 1. The summed E-state index contributed by atoms with van der Waals surface area (Å²) in [7, 11) is 0. The summed E-state index contributed by atoms with van der Waals surface area (Å²) in [6.45, 7) is 6.23. The molecular weight excluding hydrogens is 295 g/mol. The molecule has 1 heterocycles. The maximum absolute atomic E-state index is 14.1. The van der Waals surface area contributed by atoms with Crippen LogP contribution in [0.1, 0.15) is 31.7 Å². The van der Waals surface area contributed by atoms with E-state index >= 15 is 0 Å². The third kappa shape index (κ3) is 3.56. The fourth-order valence-corrected chi connectivity index (χ4v) is 3.29. The third-order valence-electron chi connectivity index (χ3n) is 4.98. The standard InChI is InChI=1S/C18H25FN2O2/c1-2-14(13-21-9-11-23-12-10-21)20-17(22)18(7-8-18)15-5-3-4-6-16(15)19/h3-6,14H,2,7-13H2,1H3,(H,20,22). The lowest BCUT2D eigenvalue weighted by Crippen LogP contribution is -2.49. The molecule has 126 valence electrons. The zero-order valence-corrected chi connectivity index (χ0v) is 13.7. The first-order valence-electron chi connectivity index (χ1n) is 8.52. The molecule has 2 aliphatic rings. The minimum atomic E-state index is -0.649. The zero-order valence-electron chi connectivity index (χ0n) is 13.7. The van der Waals surface area contributed by atoms with E-state index in [1.807, 2.05) is 0 Å². The van der Waals surface area contributed by atoms with Crippen LogP contribution in [0, 0.1) is 5.82 Å². The van der Waals surface area contributed by atoms with Gasteiger partial charge >= 0.3 is 0 Å². The lowest BCUT2D eigenvalue weighted by atomic mass is 9.94. The molecule has 1 atom stereocenters. The number of halogens is 1. The summed E-state index contributed by atoms with van der Waals surface area (Å²) in [6, 6.07) is 6.75. The van der Waals surface area contributed by atoms with Crippen molar-refractivity contribution in [2.24, 2.45) is 0 Å². The molecule has 4 nitrogen and oxygen atoms in total. The Kier molecular flexibility index (Phi) is 4.97. The number of nitrogens with one attached hydrogen (secondary N) is 1. The van der Waals surface area contributed by atoms with Crippen molar-refractivity contribution in [1.82, 2.24) is 10.2 Å². The molecule has 0 radical (unpaired) electrons. The maximum atomic E-state index is 14.1. The molecule has 1 aliphatic carbocycles. The zero-order chi connectivity index (χ0) is 16.3. The van der Waals surface area contributed by atoms with Crippen molar-refractivity contribution in [3.63, 3.8) is 0 Å². The van der Waals surface area contributed by atoms with Crippen molar-refractivity contribution in [3.05, 3.63) is 35.6 Å². The number of amides is 1. The van der Waals surface area contributed by atoms with Gasteiger partial charge in [0.05, 0.1) is 18.6 Å². The van der Waals surface area contributed by atoms with E-state index in [0.29, 0.717) is 5.56 Å². The minimum absolute atomic E-state index is 0.0253. The number of ether oxygens (including phenoxy) is 1. The molecule has 1 unspecified atom stereocenters. The Bertz CT molecular complexity index is 554. The van der Waals surface area contributed by atoms with E-state index in [0.717, 1.165) is 52.1 Å². The number of carbonyl (C=O) groups excluding carboxylic acids is 1. The summed E-state index contributed by atoms with van der Waals surface area (Å²) in [5.74, 6) is -0.302. The lowest BCUT2D eigenvalue weighted by Gasteiger charge is -2.31. The Labute approximate surface area is 137 Å². The summed E-state index contributed by atoms with van der Waals surface area (Å²) in [6.07, 6.45) is 2.33. The molecule has 1 aromatic rings. The average Bonchev–Trinajstić information content (AvgIpc) is 3.37. The normalized spacial score (nSPS) is 21.7. The molecule has 5 heteroatoms. The van der Waals surface area contributed by atoms with Gasteiger partial charge < -0.3 is 10.1 Å². The van der Waals surface area contributed by atoms with Crippen LogP contribution in [0.4, 0.5) is 4.39 Å². The number of rotatable bonds is 6. The molecule has 0 bridgehead atoms. The van der Waals surface area contributed by atoms with Crippen molar-refractivity contribution < 1.29 is 13.9 Å². The van der Waals surface area contributed by atoms with E-state index in [9.17, 15) is 9.18 Å². The molecular formula is C18H25FN2O2. The van der Waals surface area contributed by atoms with Crippen molar-refractivity contribution >= 4 is 5.91 Å². The van der Waals surface area contributed by atoms with E-state index in [2.05, 4.69) is 17.1 Å². The van der Waals surface area contributed by atoms with E-state index in [4.69, 9.17) is 4.74 Å². The highest BCUT2D eigenvalue weighted by Crippen LogP contribution is 2.49. The summed E-state index contributed by atoms with van der Waals surface area (Å²) in [4.78, 5) is 15.1. The SMILES string of the molecule is CCC(CN1CCOCC1)NC(=O)C1(c2ccccc2F)CC1. The van der Waals surface area contributed by atoms with Gasteiger partial charge in [-0.05, 0) is 25.3 Å². The summed E-state index contributed by atoms with van der Waals surface area (Å²) >= 11 is 0. The molecule has 0 aromatic heterocycles. The first-order valence-corrected chi connectivity index (χ1v) is 8.52. The smallest absolute Gasteiger partial charge is 0.231 e. The molecule has 1 saturated carbocycles. The Morgan fingerprint density at radius 3 is 2.65 bits per heavy atom. The van der Waals surface area contributed by atoms with E-state index in [1.165, 1.54) is 6.07 Å². The Morgan fingerprint density at radius 1 is 1.35 bits per heavy atom. The molecule has 1 saturated heterocycles. The van der Waals surface area contributed by atoms with Crippen molar-refractivity contribution in [2.45, 2.75) is 37.6 Å². The third-order valence-corrected chi connectivity index (χ3v) is 4.98. The van der Waals surface area contributed by atoms with Gasteiger partial charge in [0.1, 0.15) is 5.82 Å². The van der Waals surface area contributed by atoms with Crippen LogP contribution in [0.25, 0.3) is 0 Å². The molecule has 3 rings (SSSR count). The van der Waals surface area contributed by atoms with Crippen LogP contribution in [-0.4, -0.2) is 49.7 Å². The van der Waals surface area contributed by atoms with Gasteiger partial charge in [0.25, 0.3) is 0 Å². The van der Waals surface area contributed by atoms with Crippen molar-refractivity contribution in [3.8, 4) is 0 Å². The van der Waals surface area contributed by atoms with Gasteiger partial charge in [0, 0.05) is 31.2 Å². The van der Waals surface area contributed by atoms with Crippen LogP contribution < -0.4 is 5.32 Å². The highest BCUT2D eigenvalue weighted by molar-refractivity contribution is 5.91. The van der Waals surface area contributed by atoms with E-state index in [1.54, 1.807) is 18.2 Å². The summed E-state index contributed by atoms with van der Waals surface area (Å²) in [5.41, 5.74) is -0.109. The van der Waals surface area contributed by atoms with Crippen LogP contribution >= 0.6 is 0 Å². The monoisotopic (exact) mass is 320 g/mol. The van der Waals surface area contributed by atoms with Crippen LogP contribution in [0.3, 0.4) is 0 Å². The number of hydrogen-bond acceptors (Lipinski definition) is 3. The van der Waals surface area contributed by atoms with E-state index in [-0.39, 0.29) is 17.8 Å². The Balaban J connectivity index is 1.64. The van der Waals surface area contributed by atoms with Crippen molar-refractivity contribution in [2.75, 3.05) is 32.8 Å². The summed E-state index contributed by atoms with van der Waals surface area (Å²) < 4.78 is 19.4. The highest BCUT2D eigenvalue weighted by Gasteiger charge is 2.52. The van der Waals surface area contributed by atoms with Crippen LogP contribution in [0.5, 0.6) is 0 Å². The topological polar surface area (TPSA) is 41.6 Å². The molecule has 1 amide bonds. The average molecular weight is 320 g/mol. The number of benzene rings is 1. The second-order valence-corrected chi connectivity index (χ2v) is 6.55. The van der Waals surface area contributed by atoms with Crippen molar-refractivity contribution in [1.29, 1.82) is 0 Å². The van der Waals surface area contributed by atoms with Crippen LogP contribution in [0.15, 0.2) is 24.3 Å². The second kappa shape index (κ2) is 6.97. The number of nitrogens with zero attached hydrogens (tertiary/aromatic N) is 1. The highest BCUT2D eigenvalue weighted by atomic mass is 19.1. The first-order chi connectivity index (χ1) is 11.2. The van der Waals surface area contributed by atoms with Gasteiger partial charge in [-0.2, -0.15) is 0 Å². The lowest BCUT2D eigenvalue weighted by molar-refractivity contribution is -0.124. The quantitative estimate of drug-likeness (QED) is 0.872. The van der Waals surface area contributed by atoms with Gasteiger partial charge in [-0.1, -0.05) is 25.1 Å². The maximum Gasteiger partial charge on any atom is 0.231 e. The fourth-order valence-electron chi connectivity index (χ4n) is 3.29. The largest absolute Gasteiger partial charge is 0.379 e. The molecule has 1 N–H and O–H groups in total. The summed E-state index contributed by atoms with van der Waals surface area (Å²) in [5, 5.41) is 3.15. The number of morpholine rings is 1. The van der Waals surface area contributed by atoms with Gasteiger partial charge in [0.15, 0.2) is 0 Å². The molecule has 2 fully saturated rings. The predicted octanol–water partition coefficient (Wildman–Crippen LogP) is 2.08. The van der Waals surface area contributed by atoms with Gasteiger partial charge in [-0.3, -0.25) is 9.69 Å². The van der Waals surface area contributed by atoms with Gasteiger partial charge in [-0.15, -0.1) is 0 Å². The molecule has 0 spiro atoms. The Morgan fingerprint density at radius 2 is 2.04 bits per heavy atom. The van der Waals surface area contributed by atoms with Gasteiger partial charge in [-0.25, -0.2) is 4.39 Å². The first kappa shape index (κ1) is 16.4. The fraction of sp³-hybridized carbons (Fsp3) is 0.611. The van der Waals surface area contributed by atoms with E-state index < -0.39 is 5.41 Å². The molecule has 1 aliphatic heterocycles. The predicted molar refractivity (Wildman–Crippen MR) is 86.8 cm³/mol. The molecule has 1 aromatic carbocycles. The second-order valence-electron chi connectivity index (χ2n) is 6.55. The van der Waals surface area contributed by atoms with Crippen LogP contribution in [-0.2, 0) is 14.9 Å². The van der Waals surface area contributed by atoms with Crippen LogP contribution in [0.2, 0.25) is 0 Å². The Hall–Kier alpha value is -1.46. The minimum Gasteiger partial charge on any atom is -0.379 e.